The minimum absolute atomic E-state index is 0.126. The quantitative estimate of drug-likeness (QED) is 0.759. The Kier molecular flexibility index (Phi) is 3.31. The van der Waals surface area contributed by atoms with Crippen LogP contribution < -0.4 is 5.32 Å². The molecule has 3 nitrogen and oxygen atoms in total. The van der Waals surface area contributed by atoms with Gasteiger partial charge in [0.1, 0.15) is 4.88 Å². The molecular formula is C14H9BrN2OS. The molecule has 3 rings (SSSR count). The van der Waals surface area contributed by atoms with Gasteiger partial charge in [0.05, 0.1) is 11.7 Å². The highest BCUT2D eigenvalue weighted by Crippen LogP contribution is 2.23. The number of anilines is 1. The van der Waals surface area contributed by atoms with Crippen LogP contribution in [0, 0.1) is 0 Å². The van der Waals surface area contributed by atoms with Crippen molar-refractivity contribution in [1.29, 1.82) is 0 Å². The van der Waals surface area contributed by atoms with Crippen molar-refractivity contribution in [1.82, 2.24) is 4.98 Å². The van der Waals surface area contributed by atoms with Crippen LogP contribution in [-0.4, -0.2) is 10.9 Å². The van der Waals surface area contributed by atoms with E-state index in [1.165, 1.54) is 11.3 Å². The second kappa shape index (κ2) is 5.11. The van der Waals surface area contributed by atoms with Crippen LogP contribution in [0.5, 0.6) is 0 Å². The summed E-state index contributed by atoms with van der Waals surface area (Å²) in [6.45, 7) is 0. The fourth-order valence-electron chi connectivity index (χ4n) is 1.81. The molecule has 2 aromatic carbocycles. The summed E-state index contributed by atoms with van der Waals surface area (Å²) >= 11 is 4.77. The third-order valence-corrected chi connectivity index (χ3v) is 3.98. The smallest absolute Gasteiger partial charge is 0.267 e. The van der Waals surface area contributed by atoms with Gasteiger partial charge in [-0.25, -0.2) is 0 Å². The van der Waals surface area contributed by atoms with Crippen molar-refractivity contribution in [3.05, 3.63) is 57.5 Å². The minimum atomic E-state index is -0.126. The highest BCUT2D eigenvalue weighted by atomic mass is 79.9. The molecule has 0 spiro atoms. The number of amides is 1. The average Bonchev–Trinajstić information content (AvgIpc) is 2.93. The topological polar surface area (TPSA) is 42.0 Å². The Balaban J connectivity index is 1.89. The molecular weight excluding hydrogens is 324 g/mol. The summed E-state index contributed by atoms with van der Waals surface area (Å²) in [4.78, 5) is 16.4. The summed E-state index contributed by atoms with van der Waals surface area (Å²) in [5.41, 5.74) is 2.43. The molecule has 19 heavy (non-hydrogen) atoms. The Hall–Kier alpha value is -1.72. The first-order valence-corrected chi connectivity index (χ1v) is 7.29. The molecule has 1 amide bonds. The number of hydrogen-bond acceptors (Lipinski definition) is 3. The van der Waals surface area contributed by atoms with Crippen molar-refractivity contribution in [2.75, 3.05) is 5.32 Å². The molecule has 1 heterocycles. The van der Waals surface area contributed by atoms with E-state index in [4.69, 9.17) is 0 Å². The molecule has 0 fully saturated rings. The first-order chi connectivity index (χ1) is 9.22. The molecule has 94 valence electrons. The Bertz CT molecular complexity index is 740. The third kappa shape index (κ3) is 2.67. The van der Waals surface area contributed by atoms with Gasteiger partial charge in [-0.15, -0.1) is 11.3 Å². The summed E-state index contributed by atoms with van der Waals surface area (Å²) < 4.78 is 1.04. The van der Waals surface area contributed by atoms with E-state index < -0.39 is 0 Å². The number of nitrogens with zero attached hydrogens (tertiary/aromatic N) is 1. The lowest BCUT2D eigenvalue weighted by Crippen LogP contribution is -2.09. The maximum Gasteiger partial charge on any atom is 0.267 e. The number of carbonyl (C=O) groups excluding carboxylic acids is 1. The van der Waals surface area contributed by atoms with Gasteiger partial charge in [0.15, 0.2) is 0 Å². The van der Waals surface area contributed by atoms with Crippen LogP contribution in [0.25, 0.3) is 10.8 Å². The van der Waals surface area contributed by atoms with Gasteiger partial charge in [-0.2, -0.15) is 0 Å². The number of benzene rings is 2. The van der Waals surface area contributed by atoms with E-state index in [0.29, 0.717) is 4.88 Å². The molecule has 5 heteroatoms. The van der Waals surface area contributed by atoms with Crippen molar-refractivity contribution in [3.8, 4) is 0 Å². The molecule has 0 aliphatic rings. The molecule has 0 radical (unpaired) electrons. The maximum atomic E-state index is 11.9. The number of halogens is 1. The van der Waals surface area contributed by atoms with Gasteiger partial charge in [0.2, 0.25) is 0 Å². The van der Waals surface area contributed by atoms with E-state index >= 15 is 0 Å². The molecule has 0 saturated carbocycles. The Morgan fingerprint density at radius 1 is 1.16 bits per heavy atom. The number of rotatable bonds is 2. The van der Waals surface area contributed by atoms with E-state index in [1.54, 1.807) is 11.7 Å². The van der Waals surface area contributed by atoms with Crippen LogP contribution in [0.3, 0.4) is 0 Å². The third-order valence-electron chi connectivity index (χ3n) is 2.72. The molecule has 0 atom stereocenters. The summed E-state index contributed by atoms with van der Waals surface area (Å²) in [7, 11) is 0. The van der Waals surface area contributed by atoms with Crippen LogP contribution in [0.2, 0.25) is 0 Å². The van der Waals surface area contributed by atoms with Crippen molar-refractivity contribution in [2.45, 2.75) is 0 Å². The molecule has 3 aromatic rings. The normalized spacial score (nSPS) is 10.6. The van der Waals surface area contributed by atoms with Crippen molar-refractivity contribution < 1.29 is 4.79 Å². The number of fused-ring (bicyclic) bond motifs is 1. The molecule has 0 unspecified atom stereocenters. The van der Waals surface area contributed by atoms with Gasteiger partial charge in [-0.1, -0.05) is 28.1 Å². The molecule has 1 aromatic heterocycles. The maximum absolute atomic E-state index is 11.9. The highest BCUT2D eigenvalue weighted by Gasteiger charge is 2.07. The van der Waals surface area contributed by atoms with Crippen LogP contribution in [0.15, 0.2) is 52.6 Å². The van der Waals surface area contributed by atoms with Gasteiger partial charge in [-0.05, 0) is 35.0 Å². The molecule has 0 aliphatic carbocycles. The average molecular weight is 333 g/mol. The lowest BCUT2D eigenvalue weighted by Gasteiger charge is -2.05. The Morgan fingerprint density at radius 2 is 1.95 bits per heavy atom. The Labute approximate surface area is 122 Å². The number of carbonyl (C=O) groups is 1. The number of nitrogens with one attached hydrogen (secondary N) is 1. The molecule has 0 saturated heterocycles. The number of hydrogen-bond donors (Lipinski definition) is 1. The molecule has 0 bridgehead atoms. The summed E-state index contributed by atoms with van der Waals surface area (Å²) in [5, 5.41) is 5.09. The SMILES string of the molecule is O=C(Nc1ccc2cc(Br)ccc2c1)c1cncs1. The number of aromatic nitrogens is 1. The molecule has 0 aliphatic heterocycles. The lowest BCUT2D eigenvalue weighted by atomic mass is 10.1. The van der Waals surface area contributed by atoms with E-state index in [0.717, 1.165) is 20.9 Å². The van der Waals surface area contributed by atoms with Crippen LogP contribution in [0.1, 0.15) is 9.67 Å². The van der Waals surface area contributed by atoms with Crippen molar-refractivity contribution in [3.63, 3.8) is 0 Å². The fourth-order valence-corrected chi connectivity index (χ4v) is 2.71. The van der Waals surface area contributed by atoms with Crippen LogP contribution in [-0.2, 0) is 0 Å². The highest BCUT2D eigenvalue weighted by molar-refractivity contribution is 9.10. The fraction of sp³-hybridized carbons (Fsp3) is 0. The van der Waals surface area contributed by atoms with E-state index in [-0.39, 0.29) is 5.91 Å². The van der Waals surface area contributed by atoms with Gasteiger partial charge in [0.25, 0.3) is 5.91 Å². The zero-order chi connectivity index (χ0) is 13.2. The first-order valence-electron chi connectivity index (χ1n) is 5.61. The van der Waals surface area contributed by atoms with Gasteiger partial charge in [0, 0.05) is 10.2 Å². The second-order valence-electron chi connectivity index (χ2n) is 4.03. The van der Waals surface area contributed by atoms with E-state index in [9.17, 15) is 4.79 Å². The predicted octanol–water partition coefficient (Wildman–Crippen LogP) is 4.31. The van der Waals surface area contributed by atoms with Crippen LogP contribution in [0.4, 0.5) is 5.69 Å². The van der Waals surface area contributed by atoms with Gasteiger partial charge in [-0.3, -0.25) is 9.78 Å². The van der Waals surface area contributed by atoms with Gasteiger partial charge < -0.3 is 5.32 Å². The standard InChI is InChI=1S/C14H9BrN2OS/c15-11-3-1-10-6-12(4-2-9(10)5-11)17-14(18)13-7-16-8-19-13/h1-8H,(H,17,18). The summed E-state index contributed by atoms with van der Waals surface area (Å²) in [6, 6.07) is 11.9. The van der Waals surface area contributed by atoms with Gasteiger partial charge >= 0.3 is 0 Å². The second-order valence-corrected chi connectivity index (χ2v) is 5.83. The zero-order valence-electron chi connectivity index (χ0n) is 9.76. The monoisotopic (exact) mass is 332 g/mol. The zero-order valence-corrected chi connectivity index (χ0v) is 12.2. The van der Waals surface area contributed by atoms with Crippen LogP contribution >= 0.6 is 27.3 Å². The van der Waals surface area contributed by atoms with Crippen molar-refractivity contribution >= 4 is 49.6 Å². The molecule has 1 N–H and O–H groups in total. The predicted molar refractivity (Wildman–Crippen MR) is 81.7 cm³/mol. The van der Waals surface area contributed by atoms with E-state index in [1.807, 2.05) is 36.4 Å². The number of thiazole rings is 1. The van der Waals surface area contributed by atoms with Crippen molar-refractivity contribution in [2.24, 2.45) is 0 Å². The van der Waals surface area contributed by atoms with E-state index in [2.05, 4.69) is 26.2 Å². The minimum Gasteiger partial charge on any atom is -0.321 e. The first kappa shape index (κ1) is 12.3. The Morgan fingerprint density at radius 3 is 2.74 bits per heavy atom. The lowest BCUT2D eigenvalue weighted by molar-refractivity contribution is 0.103. The summed E-state index contributed by atoms with van der Waals surface area (Å²) in [5.74, 6) is -0.126. The largest absolute Gasteiger partial charge is 0.321 e. The summed E-state index contributed by atoms with van der Waals surface area (Å²) in [6.07, 6.45) is 1.57.